The molecule has 25 nitrogen and oxygen atoms in total. The van der Waals surface area contributed by atoms with Gasteiger partial charge in [-0.1, -0.05) is 0 Å². The van der Waals surface area contributed by atoms with Gasteiger partial charge in [0.15, 0.2) is 0 Å². The number of aliphatic hydroxyl groups is 10. The molecule has 0 spiro atoms. The van der Waals surface area contributed by atoms with Gasteiger partial charge in [-0.3, -0.25) is 9.69 Å². The zero-order valence-corrected chi connectivity index (χ0v) is 37.0. The summed E-state index contributed by atoms with van der Waals surface area (Å²) in [7, 11) is 0. The van der Waals surface area contributed by atoms with Crippen LogP contribution in [0.25, 0.3) is 0 Å². The smallest absolute Gasteiger partial charge is 0.305 e. The maximum Gasteiger partial charge on any atom is 0.305 e. The van der Waals surface area contributed by atoms with Crippen LogP contribution in [0.5, 0.6) is 0 Å². The van der Waals surface area contributed by atoms with E-state index in [-0.39, 0.29) is 39.4 Å². The number of hydrogen-bond acceptors (Lipinski definition) is 24. The van der Waals surface area contributed by atoms with E-state index in [1.807, 2.05) is 0 Å². The lowest BCUT2D eigenvalue weighted by molar-refractivity contribution is -0.138. The van der Waals surface area contributed by atoms with E-state index < -0.39 is 81.1 Å². The summed E-state index contributed by atoms with van der Waals surface area (Å²) >= 11 is 0. The molecular formula is C39H79NO24. The minimum absolute atomic E-state index is 0.0235. The quantitative estimate of drug-likeness (QED) is 0.0253. The summed E-state index contributed by atoms with van der Waals surface area (Å²) in [4.78, 5) is 11.7. The van der Waals surface area contributed by atoms with Crippen LogP contribution in [0.1, 0.15) is 6.42 Å². The fourth-order valence-electron chi connectivity index (χ4n) is 5.00. The minimum Gasteiger partial charge on any atom is -0.481 e. The first-order valence-electron chi connectivity index (χ1n) is 21.5. The maximum atomic E-state index is 10.4. The standard InChI is InChI=1S/C39H79NO24/c41-29-33(45)38(51)36(49)31(43)27-40(28-32(44)37(50)39(52)34(46)30-42)2-4-54-6-8-56-10-12-58-14-16-60-18-20-62-22-24-64-26-25-63-23-21-61-19-17-59-15-13-57-11-9-55-7-5-53-3-1-35(47)48/h31-34,36-39,41-46,49-52H,1-30H2,(H,47,48)/t31-,32-,33+,34+,36+,37+,38+,39+/m0/s1. The molecule has 25 heteroatoms. The molecule has 384 valence electrons. The van der Waals surface area contributed by atoms with Crippen molar-refractivity contribution in [2.75, 3.05) is 191 Å². The van der Waals surface area contributed by atoms with E-state index in [9.17, 15) is 45.6 Å². The van der Waals surface area contributed by atoms with Gasteiger partial charge in [0.05, 0.1) is 190 Å². The first-order chi connectivity index (χ1) is 31.0. The molecule has 0 rings (SSSR count). The Morgan fingerprint density at radius 2 is 0.531 bits per heavy atom. The van der Waals surface area contributed by atoms with Crippen LogP contribution in [0.3, 0.4) is 0 Å². The van der Waals surface area contributed by atoms with Gasteiger partial charge in [0.1, 0.15) is 36.6 Å². The third-order valence-corrected chi connectivity index (χ3v) is 8.65. The fraction of sp³-hybridized carbons (Fsp3) is 0.974. The maximum absolute atomic E-state index is 10.4. The van der Waals surface area contributed by atoms with Gasteiger partial charge in [-0.2, -0.15) is 0 Å². The van der Waals surface area contributed by atoms with Crippen LogP contribution in [0.4, 0.5) is 0 Å². The summed E-state index contributed by atoms with van der Waals surface area (Å²) in [5.41, 5.74) is 0. The predicted octanol–water partition coefficient (Wildman–Crippen LogP) is -6.17. The Balaban J connectivity index is 3.67. The molecule has 11 N–H and O–H groups in total. The van der Waals surface area contributed by atoms with Gasteiger partial charge in [-0.15, -0.1) is 0 Å². The Kier molecular flexibility index (Phi) is 44.3. The number of carboxylic acid groups (broad SMARTS) is 1. The second kappa shape index (κ2) is 45.3. The van der Waals surface area contributed by atoms with E-state index in [1.54, 1.807) is 0 Å². The van der Waals surface area contributed by atoms with Crippen LogP contribution in [0.15, 0.2) is 0 Å². The summed E-state index contributed by atoms with van der Waals surface area (Å²) in [5, 5.41) is 107. The van der Waals surface area contributed by atoms with Crippen molar-refractivity contribution in [3.05, 3.63) is 0 Å². The molecule has 0 saturated heterocycles. The molecule has 0 saturated carbocycles. The molecule has 0 aliphatic heterocycles. The van der Waals surface area contributed by atoms with Crippen molar-refractivity contribution in [3.8, 4) is 0 Å². The monoisotopic (exact) mass is 945 g/mol. The second-order valence-corrected chi connectivity index (χ2v) is 13.8. The van der Waals surface area contributed by atoms with Crippen LogP contribution in [-0.4, -0.2) is 307 Å². The SMILES string of the molecule is O=C(O)CCOCCOCCOCCOCCOCCOCCOCCOCCOCCOCCOCCOCCN(C[C@H](O)[C@@H](O)[C@H](O)[C@H](O)CO)C[C@H](O)[C@@H](O)[C@H](O)[C@H](O)CO. The number of nitrogens with zero attached hydrogens (tertiary/aromatic N) is 1. The van der Waals surface area contributed by atoms with Gasteiger partial charge < -0.3 is 113 Å². The third-order valence-electron chi connectivity index (χ3n) is 8.65. The fourth-order valence-corrected chi connectivity index (χ4v) is 5.00. The van der Waals surface area contributed by atoms with Crippen molar-refractivity contribution in [2.24, 2.45) is 0 Å². The average Bonchev–Trinajstić information content (AvgIpc) is 3.29. The lowest BCUT2D eigenvalue weighted by Gasteiger charge is -2.33. The topological polar surface area (TPSA) is 354 Å². The van der Waals surface area contributed by atoms with E-state index in [4.69, 9.17) is 72.2 Å². The van der Waals surface area contributed by atoms with E-state index in [2.05, 4.69) is 0 Å². The Labute approximate surface area is 375 Å². The summed E-state index contributed by atoms with van der Waals surface area (Å²) in [5.74, 6) is -0.893. The second-order valence-electron chi connectivity index (χ2n) is 13.8. The Hall–Kier alpha value is -1.45. The van der Waals surface area contributed by atoms with Gasteiger partial charge in [0.25, 0.3) is 0 Å². The molecule has 0 unspecified atom stereocenters. The van der Waals surface area contributed by atoms with Crippen LogP contribution in [0.2, 0.25) is 0 Å². The van der Waals surface area contributed by atoms with E-state index in [1.165, 1.54) is 4.90 Å². The first-order valence-corrected chi connectivity index (χ1v) is 21.5. The molecule has 0 amide bonds. The summed E-state index contributed by atoms with van der Waals surface area (Å²) in [6, 6.07) is 0. The lowest BCUT2D eigenvalue weighted by atomic mass is 10.0. The van der Waals surface area contributed by atoms with Crippen molar-refractivity contribution in [3.63, 3.8) is 0 Å². The number of ether oxygens (including phenoxy) is 12. The average molecular weight is 946 g/mol. The molecule has 64 heavy (non-hydrogen) atoms. The zero-order valence-electron chi connectivity index (χ0n) is 37.0. The van der Waals surface area contributed by atoms with Gasteiger partial charge in [0, 0.05) is 19.6 Å². The number of aliphatic carboxylic acids is 1. The number of carboxylic acids is 1. The van der Waals surface area contributed by atoms with Crippen molar-refractivity contribution < 1.29 is 118 Å². The molecule has 0 heterocycles. The molecule has 0 aromatic rings. The number of rotatable bonds is 51. The van der Waals surface area contributed by atoms with Crippen molar-refractivity contribution >= 4 is 5.97 Å². The Bertz CT molecular complexity index is 968. The molecule has 0 aromatic heterocycles. The number of aliphatic hydroxyl groups excluding tert-OH is 10. The highest BCUT2D eigenvalue weighted by Gasteiger charge is 2.34. The lowest BCUT2D eigenvalue weighted by Crippen LogP contribution is -2.53. The molecule has 8 atom stereocenters. The molecule has 0 bridgehead atoms. The highest BCUT2D eigenvalue weighted by molar-refractivity contribution is 5.66. The van der Waals surface area contributed by atoms with Crippen molar-refractivity contribution in [1.82, 2.24) is 4.90 Å². The van der Waals surface area contributed by atoms with Gasteiger partial charge in [-0.25, -0.2) is 0 Å². The number of hydrogen-bond donors (Lipinski definition) is 11. The number of carbonyl (C=O) groups is 1. The minimum atomic E-state index is -1.88. The summed E-state index contributed by atoms with van der Waals surface area (Å²) in [6.45, 7) is 6.16. The normalized spacial score (nSPS) is 15.9. The molecule has 0 fully saturated rings. The Morgan fingerprint density at radius 1 is 0.328 bits per heavy atom. The molecule has 0 radical (unpaired) electrons. The van der Waals surface area contributed by atoms with Crippen LogP contribution >= 0.6 is 0 Å². The van der Waals surface area contributed by atoms with Gasteiger partial charge >= 0.3 is 5.97 Å². The highest BCUT2D eigenvalue weighted by Crippen LogP contribution is 2.11. The van der Waals surface area contributed by atoms with E-state index >= 15 is 0 Å². The predicted molar refractivity (Wildman–Crippen MR) is 221 cm³/mol. The zero-order chi connectivity index (χ0) is 47.5. The largest absolute Gasteiger partial charge is 0.481 e. The molecule has 0 aromatic carbocycles. The molecule has 0 aliphatic carbocycles. The molecular weight excluding hydrogens is 866 g/mol. The molecule has 0 aliphatic rings. The van der Waals surface area contributed by atoms with E-state index in [0.29, 0.717) is 132 Å². The first kappa shape index (κ1) is 62.5. The van der Waals surface area contributed by atoms with Crippen LogP contribution in [0, 0.1) is 0 Å². The van der Waals surface area contributed by atoms with Gasteiger partial charge in [-0.05, 0) is 0 Å². The van der Waals surface area contributed by atoms with Crippen LogP contribution < -0.4 is 0 Å². The highest BCUT2D eigenvalue weighted by atomic mass is 16.6. The Morgan fingerprint density at radius 3 is 0.750 bits per heavy atom. The van der Waals surface area contributed by atoms with Crippen LogP contribution in [-0.2, 0) is 61.6 Å². The van der Waals surface area contributed by atoms with Gasteiger partial charge in [0.2, 0.25) is 0 Å². The van der Waals surface area contributed by atoms with E-state index in [0.717, 1.165) is 0 Å². The summed E-state index contributed by atoms with van der Waals surface area (Å²) < 4.78 is 65.0. The van der Waals surface area contributed by atoms with Crippen molar-refractivity contribution in [2.45, 2.75) is 55.3 Å². The van der Waals surface area contributed by atoms with Crippen molar-refractivity contribution in [1.29, 1.82) is 0 Å². The third kappa shape index (κ3) is 37.6. The summed E-state index contributed by atoms with van der Waals surface area (Å²) in [6.07, 6.45) is -14.3.